The molecule has 0 aliphatic carbocycles. The van der Waals surface area contributed by atoms with E-state index >= 15 is 0 Å². The average molecular weight is 389 g/mol. The summed E-state index contributed by atoms with van der Waals surface area (Å²) in [7, 11) is 3.25. The molecule has 0 bridgehead atoms. The number of hydrogen-bond donors (Lipinski definition) is 1. The second kappa shape index (κ2) is 9.78. The summed E-state index contributed by atoms with van der Waals surface area (Å²) in [6.07, 6.45) is 1.70. The predicted molar refractivity (Wildman–Crippen MR) is 116 cm³/mol. The minimum atomic E-state index is -0.227. The van der Waals surface area contributed by atoms with Crippen molar-refractivity contribution >= 4 is 5.91 Å². The Kier molecular flexibility index (Phi) is 6.90. The van der Waals surface area contributed by atoms with Crippen molar-refractivity contribution in [2.45, 2.75) is 25.8 Å². The predicted octanol–water partition coefficient (Wildman–Crippen LogP) is 4.98. The second-order valence-corrected chi connectivity index (χ2v) is 6.95. The summed E-state index contributed by atoms with van der Waals surface area (Å²) in [5.74, 6) is 1.35. The van der Waals surface area contributed by atoms with Gasteiger partial charge in [-0.2, -0.15) is 0 Å². The molecule has 0 saturated carbocycles. The standard InChI is InChI=1S/C25H27NO3/c1-18(23-17-21(28-2)15-16-24(23)29-3)26-25(27)22-12-8-7-11-20(22)14-13-19-9-5-4-6-10-19/h4-12,15-18H,13-14H2,1-3H3,(H,26,27)/t18-/m1/s1. The van der Waals surface area contributed by atoms with Gasteiger partial charge >= 0.3 is 0 Å². The summed E-state index contributed by atoms with van der Waals surface area (Å²) in [4.78, 5) is 13.0. The fourth-order valence-electron chi connectivity index (χ4n) is 3.41. The molecule has 0 unspecified atom stereocenters. The minimum Gasteiger partial charge on any atom is -0.497 e. The van der Waals surface area contributed by atoms with Gasteiger partial charge < -0.3 is 14.8 Å². The maximum absolute atomic E-state index is 13.0. The molecule has 1 amide bonds. The van der Waals surface area contributed by atoms with Crippen molar-refractivity contribution in [3.8, 4) is 11.5 Å². The van der Waals surface area contributed by atoms with E-state index in [-0.39, 0.29) is 11.9 Å². The third-order valence-corrected chi connectivity index (χ3v) is 5.04. The van der Waals surface area contributed by atoms with Gasteiger partial charge in [0.25, 0.3) is 5.91 Å². The molecule has 1 atom stereocenters. The molecule has 0 aliphatic heterocycles. The number of hydrogen-bond acceptors (Lipinski definition) is 3. The first-order chi connectivity index (χ1) is 14.1. The Bertz CT molecular complexity index is 953. The lowest BCUT2D eigenvalue weighted by molar-refractivity contribution is 0.0938. The number of aryl methyl sites for hydroxylation is 2. The van der Waals surface area contributed by atoms with Crippen molar-refractivity contribution < 1.29 is 14.3 Å². The third kappa shape index (κ3) is 5.17. The van der Waals surface area contributed by atoms with Gasteiger partial charge in [0.05, 0.1) is 20.3 Å². The summed E-state index contributed by atoms with van der Waals surface area (Å²) in [5.41, 5.74) is 3.88. The molecule has 29 heavy (non-hydrogen) atoms. The van der Waals surface area contributed by atoms with E-state index in [1.165, 1.54) is 5.56 Å². The molecule has 4 nitrogen and oxygen atoms in total. The summed E-state index contributed by atoms with van der Waals surface area (Å²) in [6, 6.07) is 23.5. The first kappa shape index (κ1) is 20.5. The van der Waals surface area contributed by atoms with Crippen molar-refractivity contribution in [2.75, 3.05) is 14.2 Å². The zero-order valence-corrected chi connectivity index (χ0v) is 17.1. The topological polar surface area (TPSA) is 47.6 Å². The molecule has 0 spiro atoms. The lowest BCUT2D eigenvalue weighted by atomic mass is 9.98. The van der Waals surface area contributed by atoms with Crippen LogP contribution in [0.3, 0.4) is 0 Å². The lowest BCUT2D eigenvalue weighted by Crippen LogP contribution is -2.28. The van der Waals surface area contributed by atoms with Gasteiger partial charge in [0.2, 0.25) is 0 Å². The molecule has 0 aromatic heterocycles. The Labute approximate surface area is 172 Å². The van der Waals surface area contributed by atoms with Gasteiger partial charge in [-0.3, -0.25) is 4.79 Å². The van der Waals surface area contributed by atoms with Crippen molar-refractivity contribution in [3.63, 3.8) is 0 Å². The Balaban J connectivity index is 1.76. The largest absolute Gasteiger partial charge is 0.497 e. The molecule has 0 saturated heterocycles. The zero-order chi connectivity index (χ0) is 20.6. The van der Waals surface area contributed by atoms with E-state index in [9.17, 15) is 4.79 Å². The summed E-state index contributed by atoms with van der Waals surface area (Å²) < 4.78 is 10.8. The van der Waals surface area contributed by atoms with Crippen LogP contribution in [0.5, 0.6) is 11.5 Å². The van der Waals surface area contributed by atoms with E-state index in [0.717, 1.165) is 35.5 Å². The summed E-state index contributed by atoms with van der Waals surface area (Å²) in [6.45, 7) is 1.95. The van der Waals surface area contributed by atoms with Crippen LogP contribution in [0.25, 0.3) is 0 Å². The first-order valence-corrected chi connectivity index (χ1v) is 9.77. The highest BCUT2D eigenvalue weighted by Crippen LogP contribution is 2.29. The van der Waals surface area contributed by atoms with Crippen LogP contribution < -0.4 is 14.8 Å². The van der Waals surface area contributed by atoms with Crippen LogP contribution in [0.2, 0.25) is 0 Å². The fraction of sp³-hybridized carbons (Fsp3) is 0.240. The van der Waals surface area contributed by atoms with E-state index in [1.807, 2.05) is 67.6 Å². The highest BCUT2D eigenvalue weighted by atomic mass is 16.5. The normalized spacial score (nSPS) is 11.6. The highest BCUT2D eigenvalue weighted by molar-refractivity contribution is 5.96. The molecular formula is C25H27NO3. The van der Waals surface area contributed by atoms with Crippen LogP contribution in [0.15, 0.2) is 72.8 Å². The molecule has 3 aromatic carbocycles. The van der Waals surface area contributed by atoms with Gasteiger partial charge in [0, 0.05) is 11.1 Å². The molecule has 1 N–H and O–H groups in total. The van der Waals surface area contributed by atoms with Gasteiger partial charge in [-0.25, -0.2) is 0 Å². The molecule has 4 heteroatoms. The summed E-state index contributed by atoms with van der Waals surface area (Å²) >= 11 is 0. The van der Waals surface area contributed by atoms with Crippen molar-refractivity contribution in [2.24, 2.45) is 0 Å². The Morgan fingerprint density at radius 1 is 0.897 bits per heavy atom. The van der Waals surface area contributed by atoms with E-state index < -0.39 is 0 Å². The number of nitrogens with one attached hydrogen (secondary N) is 1. The molecule has 3 aromatic rings. The molecule has 0 fully saturated rings. The number of amides is 1. The van der Waals surface area contributed by atoms with Crippen molar-refractivity contribution in [1.82, 2.24) is 5.32 Å². The van der Waals surface area contributed by atoms with Crippen LogP contribution in [0.4, 0.5) is 0 Å². The van der Waals surface area contributed by atoms with Gasteiger partial charge in [-0.05, 0) is 55.2 Å². The first-order valence-electron chi connectivity index (χ1n) is 9.77. The van der Waals surface area contributed by atoms with E-state index in [0.29, 0.717) is 5.56 Å². The number of methoxy groups -OCH3 is 2. The van der Waals surface area contributed by atoms with Gasteiger partial charge in [0.1, 0.15) is 11.5 Å². The van der Waals surface area contributed by atoms with Gasteiger partial charge in [0.15, 0.2) is 0 Å². The van der Waals surface area contributed by atoms with Crippen LogP contribution in [0.1, 0.15) is 40.0 Å². The highest BCUT2D eigenvalue weighted by Gasteiger charge is 2.18. The number of ether oxygens (including phenoxy) is 2. The van der Waals surface area contributed by atoms with Crippen LogP contribution in [0, 0.1) is 0 Å². The second-order valence-electron chi connectivity index (χ2n) is 6.95. The Morgan fingerprint density at radius 2 is 1.62 bits per heavy atom. The smallest absolute Gasteiger partial charge is 0.252 e. The third-order valence-electron chi connectivity index (χ3n) is 5.04. The Hall–Kier alpha value is -3.27. The van der Waals surface area contributed by atoms with E-state index in [1.54, 1.807) is 14.2 Å². The molecule has 0 radical (unpaired) electrons. The van der Waals surface area contributed by atoms with E-state index in [4.69, 9.17) is 9.47 Å². The summed E-state index contributed by atoms with van der Waals surface area (Å²) in [5, 5.41) is 3.10. The maximum Gasteiger partial charge on any atom is 0.252 e. The number of benzene rings is 3. The van der Waals surface area contributed by atoms with Gasteiger partial charge in [-0.1, -0.05) is 48.5 Å². The lowest BCUT2D eigenvalue weighted by Gasteiger charge is -2.19. The maximum atomic E-state index is 13.0. The SMILES string of the molecule is COc1ccc(OC)c([C@@H](C)NC(=O)c2ccccc2CCc2ccccc2)c1. The molecule has 0 aliphatic rings. The number of carbonyl (C=O) groups excluding carboxylic acids is 1. The molecule has 150 valence electrons. The number of carbonyl (C=O) groups is 1. The zero-order valence-electron chi connectivity index (χ0n) is 17.1. The fourth-order valence-corrected chi connectivity index (χ4v) is 3.41. The molecular weight excluding hydrogens is 362 g/mol. The average Bonchev–Trinajstić information content (AvgIpc) is 2.78. The van der Waals surface area contributed by atoms with Gasteiger partial charge in [-0.15, -0.1) is 0 Å². The number of rotatable bonds is 8. The molecule has 0 heterocycles. The molecule has 3 rings (SSSR count). The minimum absolute atomic E-state index is 0.0916. The van der Waals surface area contributed by atoms with Crippen molar-refractivity contribution in [1.29, 1.82) is 0 Å². The Morgan fingerprint density at radius 3 is 2.34 bits per heavy atom. The monoisotopic (exact) mass is 389 g/mol. The van der Waals surface area contributed by atoms with Crippen LogP contribution >= 0.6 is 0 Å². The van der Waals surface area contributed by atoms with Crippen LogP contribution in [-0.4, -0.2) is 20.1 Å². The van der Waals surface area contributed by atoms with E-state index in [2.05, 4.69) is 17.4 Å². The van der Waals surface area contributed by atoms with Crippen molar-refractivity contribution in [3.05, 3.63) is 95.1 Å². The van der Waals surface area contributed by atoms with Crippen LogP contribution in [-0.2, 0) is 12.8 Å². The quantitative estimate of drug-likeness (QED) is 0.591.